The molecule has 0 aliphatic carbocycles. The van der Waals surface area contributed by atoms with E-state index >= 15 is 0 Å². The fourth-order valence-corrected chi connectivity index (χ4v) is 2.49. The van der Waals surface area contributed by atoms with Gasteiger partial charge in [-0.1, -0.05) is 0 Å². The first-order valence-corrected chi connectivity index (χ1v) is 7.07. The van der Waals surface area contributed by atoms with Crippen LogP contribution in [0.4, 0.5) is 0 Å². The van der Waals surface area contributed by atoms with Crippen molar-refractivity contribution in [2.45, 2.75) is 12.5 Å². The van der Waals surface area contributed by atoms with Crippen LogP contribution >= 0.6 is 0 Å². The van der Waals surface area contributed by atoms with Gasteiger partial charge < -0.3 is 24.6 Å². The Morgan fingerprint density at radius 2 is 1.85 bits per heavy atom. The number of nitrogens with one attached hydrogen (secondary N) is 1. The number of hydrogen-bond acceptors (Lipinski definition) is 5. The Bertz CT molecular complexity index is 337. The monoisotopic (exact) mass is 285 g/mol. The highest BCUT2D eigenvalue weighted by molar-refractivity contribution is 5.79. The first-order chi connectivity index (χ1) is 9.70. The zero-order valence-electron chi connectivity index (χ0n) is 12.0. The Labute approximate surface area is 119 Å². The van der Waals surface area contributed by atoms with E-state index in [4.69, 9.17) is 9.47 Å². The molecule has 0 saturated carbocycles. The van der Waals surface area contributed by atoms with Crippen molar-refractivity contribution in [1.29, 1.82) is 0 Å². The van der Waals surface area contributed by atoms with Crippen LogP contribution in [0.5, 0.6) is 0 Å². The molecule has 0 bridgehead atoms. The van der Waals surface area contributed by atoms with Crippen LogP contribution in [0.25, 0.3) is 0 Å². The topological polar surface area (TPSA) is 71.1 Å². The summed E-state index contributed by atoms with van der Waals surface area (Å²) in [6.45, 7) is 4.70. The van der Waals surface area contributed by atoms with Crippen molar-refractivity contribution < 1.29 is 19.1 Å². The number of rotatable bonds is 4. The van der Waals surface area contributed by atoms with E-state index in [9.17, 15) is 9.59 Å². The molecule has 7 nitrogen and oxygen atoms in total. The molecule has 2 heterocycles. The van der Waals surface area contributed by atoms with Crippen molar-refractivity contribution in [2.75, 3.05) is 59.6 Å². The molecular weight excluding hydrogens is 262 g/mol. The third kappa shape index (κ3) is 4.16. The van der Waals surface area contributed by atoms with Crippen molar-refractivity contribution in [3.8, 4) is 0 Å². The van der Waals surface area contributed by atoms with E-state index in [0.29, 0.717) is 39.2 Å². The van der Waals surface area contributed by atoms with Gasteiger partial charge in [-0.25, -0.2) is 0 Å². The Kier molecular flexibility index (Phi) is 5.75. The number of carbonyl (C=O) groups excluding carboxylic acids is 2. The smallest absolute Gasteiger partial charge is 0.248 e. The van der Waals surface area contributed by atoms with Crippen molar-refractivity contribution in [3.63, 3.8) is 0 Å². The van der Waals surface area contributed by atoms with Crippen LogP contribution in [-0.4, -0.2) is 87.3 Å². The van der Waals surface area contributed by atoms with E-state index in [2.05, 4.69) is 5.32 Å². The van der Waals surface area contributed by atoms with E-state index in [-0.39, 0.29) is 24.5 Å². The fourth-order valence-electron chi connectivity index (χ4n) is 2.49. The second kappa shape index (κ2) is 7.56. The SMILES string of the molecule is COCC(=O)N1CCN(C(=O)CC2CNCCO2)CC1. The van der Waals surface area contributed by atoms with Crippen LogP contribution in [0.1, 0.15) is 6.42 Å². The number of morpholine rings is 1. The number of amides is 2. The number of hydrogen-bond donors (Lipinski definition) is 1. The van der Waals surface area contributed by atoms with Gasteiger partial charge in [0.2, 0.25) is 11.8 Å². The molecule has 0 aromatic carbocycles. The van der Waals surface area contributed by atoms with Crippen molar-refractivity contribution in [1.82, 2.24) is 15.1 Å². The predicted octanol–water partition coefficient (Wildman–Crippen LogP) is -1.32. The van der Waals surface area contributed by atoms with Crippen LogP contribution in [0.2, 0.25) is 0 Å². The molecule has 0 aromatic heterocycles. The summed E-state index contributed by atoms with van der Waals surface area (Å²) in [6.07, 6.45) is 0.392. The summed E-state index contributed by atoms with van der Waals surface area (Å²) < 4.78 is 10.4. The minimum atomic E-state index is -0.0237. The predicted molar refractivity (Wildman–Crippen MR) is 72.3 cm³/mol. The summed E-state index contributed by atoms with van der Waals surface area (Å²) in [7, 11) is 1.51. The molecule has 2 saturated heterocycles. The first-order valence-electron chi connectivity index (χ1n) is 7.07. The average Bonchev–Trinajstić information content (AvgIpc) is 2.48. The number of ether oxygens (including phenoxy) is 2. The van der Waals surface area contributed by atoms with Gasteiger partial charge in [0.1, 0.15) is 6.61 Å². The Morgan fingerprint density at radius 3 is 2.40 bits per heavy atom. The number of carbonyl (C=O) groups is 2. The Morgan fingerprint density at radius 1 is 1.20 bits per heavy atom. The van der Waals surface area contributed by atoms with Gasteiger partial charge in [-0.2, -0.15) is 0 Å². The minimum Gasteiger partial charge on any atom is -0.375 e. The zero-order chi connectivity index (χ0) is 14.4. The van der Waals surface area contributed by atoms with Crippen LogP contribution in [0.3, 0.4) is 0 Å². The maximum absolute atomic E-state index is 12.2. The minimum absolute atomic E-state index is 0.0144. The van der Waals surface area contributed by atoms with E-state index in [1.54, 1.807) is 4.90 Å². The third-order valence-corrected chi connectivity index (χ3v) is 3.66. The second-order valence-electron chi connectivity index (χ2n) is 5.10. The number of methoxy groups -OCH3 is 1. The molecule has 114 valence electrons. The van der Waals surface area contributed by atoms with E-state index in [1.165, 1.54) is 7.11 Å². The van der Waals surface area contributed by atoms with Gasteiger partial charge in [-0.15, -0.1) is 0 Å². The summed E-state index contributed by atoms with van der Waals surface area (Å²) in [6, 6.07) is 0. The van der Waals surface area contributed by atoms with Gasteiger partial charge >= 0.3 is 0 Å². The Balaban J connectivity index is 1.72. The summed E-state index contributed by atoms with van der Waals surface area (Å²) in [5, 5.41) is 3.22. The molecule has 2 fully saturated rings. The number of nitrogens with zero attached hydrogens (tertiary/aromatic N) is 2. The molecule has 1 unspecified atom stereocenters. The first kappa shape index (κ1) is 15.2. The molecule has 0 spiro atoms. The summed E-state index contributed by atoms with van der Waals surface area (Å²) in [5.41, 5.74) is 0. The largest absolute Gasteiger partial charge is 0.375 e. The highest BCUT2D eigenvalue weighted by Gasteiger charge is 2.26. The molecule has 0 radical (unpaired) electrons. The van der Waals surface area contributed by atoms with Crippen LogP contribution < -0.4 is 5.32 Å². The average molecular weight is 285 g/mol. The maximum Gasteiger partial charge on any atom is 0.248 e. The maximum atomic E-state index is 12.2. The van der Waals surface area contributed by atoms with Gasteiger partial charge in [0.05, 0.1) is 19.1 Å². The van der Waals surface area contributed by atoms with E-state index in [1.807, 2.05) is 4.90 Å². The molecular formula is C13H23N3O4. The van der Waals surface area contributed by atoms with Crippen molar-refractivity contribution >= 4 is 11.8 Å². The van der Waals surface area contributed by atoms with Gasteiger partial charge in [0, 0.05) is 46.4 Å². The normalized spacial score (nSPS) is 23.8. The van der Waals surface area contributed by atoms with Crippen LogP contribution in [0.15, 0.2) is 0 Å². The van der Waals surface area contributed by atoms with Crippen LogP contribution in [0, 0.1) is 0 Å². The summed E-state index contributed by atoms with van der Waals surface area (Å²) in [5.74, 6) is 0.0944. The quantitative estimate of drug-likeness (QED) is 0.694. The standard InChI is InChI=1S/C13H23N3O4/c1-19-10-13(18)16-5-3-15(4-6-16)12(17)8-11-9-14-2-7-20-11/h11,14H,2-10H2,1H3. The van der Waals surface area contributed by atoms with Crippen molar-refractivity contribution in [2.24, 2.45) is 0 Å². The lowest BCUT2D eigenvalue weighted by atomic mass is 10.2. The third-order valence-electron chi connectivity index (χ3n) is 3.66. The van der Waals surface area contributed by atoms with Crippen LogP contribution in [-0.2, 0) is 19.1 Å². The zero-order valence-corrected chi connectivity index (χ0v) is 12.0. The molecule has 20 heavy (non-hydrogen) atoms. The highest BCUT2D eigenvalue weighted by atomic mass is 16.5. The molecule has 1 N–H and O–H groups in total. The Hall–Kier alpha value is -1.18. The molecule has 2 aliphatic rings. The van der Waals surface area contributed by atoms with E-state index in [0.717, 1.165) is 13.1 Å². The summed E-state index contributed by atoms with van der Waals surface area (Å²) in [4.78, 5) is 27.4. The molecule has 0 aromatic rings. The lowest BCUT2D eigenvalue weighted by molar-refractivity contribution is -0.143. The van der Waals surface area contributed by atoms with Gasteiger partial charge in [0.25, 0.3) is 0 Å². The lowest BCUT2D eigenvalue weighted by Gasteiger charge is -2.35. The fraction of sp³-hybridized carbons (Fsp3) is 0.846. The highest BCUT2D eigenvalue weighted by Crippen LogP contribution is 2.08. The van der Waals surface area contributed by atoms with Gasteiger partial charge in [-0.3, -0.25) is 9.59 Å². The second-order valence-corrected chi connectivity index (χ2v) is 5.10. The molecule has 7 heteroatoms. The molecule has 1 atom stereocenters. The number of piperazine rings is 1. The molecule has 2 amide bonds. The summed E-state index contributed by atoms with van der Waals surface area (Å²) >= 11 is 0. The molecule has 2 rings (SSSR count). The van der Waals surface area contributed by atoms with E-state index < -0.39 is 0 Å². The lowest BCUT2D eigenvalue weighted by Crippen LogP contribution is -2.52. The molecule has 2 aliphatic heterocycles. The van der Waals surface area contributed by atoms with Gasteiger partial charge in [0.15, 0.2) is 0 Å². The van der Waals surface area contributed by atoms with Crippen molar-refractivity contribution in [3.05, 3.63) is 0 Å². The van der Waals surface area contributed by atoms with Gasteiger partial charge in [-0.05, 0) is 0 Å².